The summed E-state index contributed by atoms with van der Waals surface area (Å²) in [4.78, 5) is 0.188. The van der Waals surface area contributed by atoms with Crippen LogP contribution in [0.15, 0.2) is 22.7 Å². The van der Waals surface area contributed by atoms with Crippen LogP contribution in [0.4, 0.5) is 18.9 Å². The van der Waals surface area contributed by atoms with Crippen LogP contribution in [0.2, 0.25) is 0 Å². The van der Waals surface area contributed by atoms with Gasteiger partial charge in [0.2, 0.25) is 0 Å². The standard InChI is InChI=1S/C10H10BrF3N2S2/c11-6-2-1-3-7(8(6)9(15)17)16-4-5-18-10(12,13)14/h1-3,16H,4-5H2,(H2,15,17). The lowest BCUT2D eigenvalue weighted by Gasteiger charge is -2.13. The van der Waals surface area contributed by atoms with Crippen molar-refractivity contribution in [3.05, 3.63) is 28.2 Å². The SMILES string of the molecule is NC(=S)c1c(Br)cccc1NCCSC(F)(F)F. The molecule has 2 nitrogen and oxygen atoms in total. The number of thioether (sulfide) groups is 1. The quantitative estimate of drug-likeness (QED) is 0.620. The zero-order chi connectivity index (χ0) is 13.8. The van der Waals surface area contributed by atoms with E-state index in [4.69, 9.17) is 18.0 Å². The normalized spacial score (nSPS) is 11.3. The van der Waals surface area contributed by atoms with E-state index in [1.54, 1.807) is 18.2 Å². The molecular formula is C10H10BrF3N2S2. The Hall–Kier alpha value is -0.470. The van der Waals surface area contributed by atoms with Gasteiger partial charge in [0.25, 0.3) is 0 Å². The van der Waals surface area contributed by atoms with Crippen LogP contribution >= 0.6 is 39.9 Å². The molecule has 0 heterocycles. The van der Waals surface area contributed by atoms with Crippen molar-refractivity contribution < 1.29 is 13.2 Å². The van der Waals surface area contributed by atoms with E-state index in [0.29, 0.717) is 15.7 Å². The topological polar surface area (TPSA) is 38.0 Å². The van der Waals surface area contributed by atoms with Gasteiger partial charge < -0.3 is 11.1 Å². The van der Waals surface area contributed by atoms with E-state index in [1.165, 1.54) is 0 Å². The molecule has 0 saturated carbocycles. The fourth-order valence-corrected chi connectivity index (χ4v) is 2.64. The molecule has 0 radical (unpaired) electrons. The number of thiocarbonyl (C=S) groups is 1. The Morgan fingerprint density at radius 2 is 2.11 bits per heavy atom. The van der Waals surface area contributed by atoms with E-state index in [0.717, 1.165) is 0 Å². The largest absolute Gasteiger partial charge is 0.441 e. The van der Waals surface area contributed by atoms with Crippen LogP contribution in [0.5, 0.6) is 0 Å². The predicted octanol–water partition coefficient (Wildman–Crippen LogP) is 3.75. The molecule has 0 unspecified atom stereocenters. The van der Waals surface area contributed by atoms with Crippen molar-refractivity contribution in [1.82, 2.24) is 0 Å². The Kier molecular flexibility index (Phi) is 5.74. The fourth-order valence-electron chi connectivity index (χ4n) is 1.27. The van der Waals surface area contributed by atoms with E-state index >= 15 is 0 Å². The highest BCUT2D eigenvalue weighted by molar-refractivity contribution is 9.10. The third kappa shape index (κ3) is 5.03. The van der Waals surface area contributed by atoms with Crippen LogP contribution in [-0.2, 0) is 0 Å². The number of hydrogen-bond donors (Lipinski definition) is 2. The monoisotopic (exact) mass is 358 g/mol. The van der Waals surface area contributed by atoms with E-state index < -0.39 is 5.51 Å². The van der Waals surface area contributed by atoms with E-state index in [2.05, 4.69) is 21.2 Å². The zero-order valence-electron chi connectivity index (χ0n) is 9.05. The van der Waals surface area contributed by atoms with E-state index in [1.807, 2.05) is 0 Å². The summed E-state index contributed by atoms with van der Waals surface area (Å²) in [5.41, 5.74) is 2.59. The highest BCUT2D eigenvalue weighted by atomic mass is 79.9. The molecular weight excluding hydrogens is 349 g/mol. The number of alkyl halides is 3. The maximum absolute atomic E-state index is 11.9. The summed E-state index contributed by atoms with van der Waals surface area (Å²) in [5, 5.41) is 2.89. The summed E-state index contributed by atoms with van der Waals surface area (Å²) >= 11 is 8.13. The van der Waals surface area contributed by atoms with Crippen molar-refractivity contribution in [1.29, 1.82) is 0 Å². The number of nitrogens with one attached hydrogen (secondary N) is 1. The zero-order valence-corrected chi connectivity index (χ0v) is 12.3. The molecule has 0 spiro atoms. The van der Waals surface area contributed by atoms with Crippen molar-refractivity contribution in [2.24, 2.45) is 5.73 Å². The molecule has 8 heteroatoms. The van der Waals surface area contributed by atoms with Gasteiger partial charge in [0, 0.05) is 28.0 Å². The first kappa shape index (κ1) is 15.6. The Labute approximate surface area is 121 Å². The summed E-state index contributed by atoms with van der Waals surface area (Å²) < 4.78 is 36.5. The molecule has 0 aliphatic rings. The highest BCUT2D eigenvalue weighted by Crippen LogP contribution is 2.30. The van der Waals surface area contributed by atoms with Crippen molar-refractivity contribution in [2.75, 3.05) is 17.6 Å². The maximum atomic E-state index is 11.9. The second-order valence-corrected chi connectivity index (χ2v) is 5.70. The van der Waals surface area contributed by atoms with Gasteiger partial charge >= 0.3 is 5.51 Å². The van der Waals surface area contributed by atoms with Crippen molar-refractivity contribution in [3.63, 3.8) is 0 Å². The van der Waals surface area contributed by atoms with Gasteiger partial charge in [-0.3, -0.25) is 0 Å². The molecule has 1 aromatic rings. The molecule has 0 atom stereocenters. The van der Waals surface area contributed by atoms with Gasteiger partial charge in [-0.15, -0.1) is 0 Å². The molecule has 100 valence electrons. The van der Waals surface area contributed by atoms with Gasteiger partial charge in [-0.05, 0) is 39.8 Å². The van der Waals surface area contributed by atoms with Gasteiger partial charge in [0.15, 0.2) is 0 Å². The molecule has 3 N–H and O–H groups in total. The number of hydrogen-bond acceptors (Lipinski definition) is 3. The average molecular weight is 359 g/mol. The lowest BCUT2D eigenvalue weighted by molar-refractivity contribution is -0.0327. The Morgan fingerprint density at radius 1 is 1.44 bits per heavy atom. The van der Waals surface area contributed by atoms with Crippen LogP contribution < -0.4 is 11.1 Å². The average Bonchev–Trinajstić information content (AvgIpc) is 2.22. The molecule has 0 amide bonds. The first-order valence-electron chi connectivity index (χ1n) is 4.84. The second kappa shape index (κ2) is 6.63. The molecule has 1 aromatic carbocycles. The number of rotatable bonds is 5. The summed E-state index contributed by atoms with van der Waals surface area (Å²) in [7, 11) is 0. The van der Waals surface area contributed by atoms with Crippen LogP contribution in [0.1, 0.15) is 5.56 Å². The molecule has 0 bridgehead atoms. The van der Waals surface area contributed by atoms with Gasteiger partial charge in [-0.25, -0.2) is 0 Å². The van der Waals surface area contributed by atoms with Crippen LogP contribution in [0.25, 0.3) is 0 Å². The molecule has 0 saturated heterocycles. The molecule has 0 aliphatic carbocycles. The lowest BCUT2D eigenvalue weighted by atomic mass is 10.2. The van der Waals surface area contributed by atoms with Gasteiger partial charge in [0.1, 0.15) is 4.99 Å². The highest BCUT2D eigenvalue weighted by Gasteiger charge is 2.27. The first-order chi connectivity index (χ1) is 8.31. The van der Waals surface area contributed by atoms with Crippen molar-refractivity contribution >= 4 is 50.6 Å². The number of halogens is 4. The summed E-state index contributed by atoms with van der Waals surface area (Å²) in [6.45, 7) is 0.177. The van der Waals surface area contributed by atoms with Crippen LogP contribution in [0, 0.1) is 0 Å². The minimum Gasteiger partial charge on any atom is -0.389 e. The summed E-state index contributed by atoms with van der Waals surface area (Å²) in [5.74, 6) is -0.0766. The van der Waals surface area contributed by atoms with Gasteiger partial charge in [-0.2, -0.15) is 13.2 Å². The minimum atomic E-state index is -4.20. The lowest BCUT2D eigenvalue weighted by Crippen LogP contribution is -2.16. The second-order valence-electron chi connectivity index (χ2n) is 3.25. The first-order valence-corrected chi connectivity index (χ1v) is 7.03. The molecule has 0 fully saturated rings. The summed E-state index contributed by atoms with van der Waals surface area (Å²) in [6.07, 6.45) is 0. The minimum absolute atomic E-state index is 0.0670. The number of anilines is 1. The Bertz CT molecular complexity index is 438. The van der Waals surface area contributed by atoms with Crippen molar-refractivity contribution in [2.45, 2.75) is 5.51 Å². The Balaban J connectivity index is 2.63. The fraction of sp³-hybridized carbons (Fsp3) is 0.300. The van der Waals surface area contributed by atoms with Gasteiger partial charge in [-0.1, -0.05) is 18.3 Å². The summed E-state index contributed by atoms with van der Waals surface area (Å²) in [6, 6.07) is 5.24. The third-order valence-corrected chi connectivity index (χ3v) is 3.54. The Morgan fingerprint density at radius 3 is 2.67 bits per heavy atom. The van der Waals surface area contributed by atoms with Gasteiger partial charge in [0.05, 0.1) is 0 Å². The van der Waals surface area contributed by atoms with Crippen LogP contribution in [-0.4, -0.2) is 22.8 Å². The smallest absolute Gasteiger partial charge is 0.389 e. The van der Waals surface area contributed by atoms with E-state index in [-0.39, 0.29) is 29.0 Å². The maximum Gasteiger partial charge on any atom is 0.441 e. The molecule has 1 rings (SSSR count). The van der Waals surface area contributed by atoms with Crippen LogP contribution in [0.3, 0.4) is 0 Å². The predicted molar refractivity (Wildman–Crippen MR) is 77.0 cm³/mol. The molecule has 0 aliphatic heterocycles. The number of nitrogens with two attached hydrogens (primary N) is 1. The van der Waals surface area contributed by atoms with E-state index in [9.17, 15) is 13.2 Å². The molecule has 0 aromatic heterocycles. The third-order valence-electron chi connectivity index (χ3n) is 1.94. The molecule has 18 heavy (non-hydrogen) atoms. The van der Waals surface area contributed by atoms with Crippen molar-refractivity contribution in [3.8, 4) is 0 Å². The number of benzene rings is 1.